The number of furan rings is 1. The van der Waals surface area contributed by atoms with Crippen molar-refractivity contribution < 1.29 is 19.4 Å². The summed E-state index contributed by atoms with van der Waals surface area (Å²) in [6, 6.07) is 6.80. The van der Waals surface area contributed by atoms with Gasteiger partial charge in [0, 0.05) is 0 Å². The lowest BCUT2D eigenvalue weighted by molar-refractivity contribution is 0.0655. The van der Waals surface area contributed by atoms with Crippen LogP contribution >= 0.6 is 0 Å². The number of carbonyl (C=O) groups is 1. The summed E-state index contributed by atoms with van der Waals surface area (Å²) in [5.41, 5.74) is 3.80. The zero-order valence-corrected chi connectivity index (χ0v) is 11.1. The highest BCUT2D eigenvalue weighted by atomic mass is 16.4. The summed E-state index contributed by atoms with van der Waals surface area (Å²) in [5.74, 6) is -1.07. The van der Waals surface area contributed by atoms with Crippen LogP contribution in [-0.2, 0) is 0 Å². The van der Waals surface area contributed by atoms with Gasteiger partial charge in [-0.05, 0) is 49.6 Å². The molecule has 0 saturated heterocycles. The topological polar surface area (TPSA) is 70.7 Å². The van der Waals surface area contributed by atoms with Gasteiger partial charge in [0.2, 0.25) is 5.76 Å². The molecular formula is C15H16O4. The summed E-state index contributed by atoms with van der Waals surface area (Å²) in [6.07, 6.45) is -0.950. The van der Waals surface area contributed by atoms with E-state index in [1.807, 2.05) is 32.9 Å². The Morgan fingerprint density at radius 1 is 1.16 bits per heavy atom. The zero-order chi connectivity index (χ0) is 14.2. The molecule has 4 heteroatoms. The third kappa shape index (κ3) is 2.53. The van der Waals surface area contributed by atoms with E-state index in [0.717, 1.165) is 22.3 Å². The molecule has 1 aromatic heterocycles. The Hall–Kier alpha value is -2.07. The fourth-order valence-electron chi connectivity index (χ4n) is 2.38. The number of aryl methyl sites for hydroxylation is 3. The fraction of sp³-hybridized carbons (Fsp3) is 0.267. The molecule has 0 aliphatic carbocycles. The van der Waals surface area contributed by atoms with E-state index in [1.165, 1.54) is 12.1 Å². The Balaban J connectivity index is 2.43. The molecule has 2 aromatic rings. The first-order valence-electron chi connectivity index (χ1n) is 5.99. The van der Waals surface area contributed by atoms with Crippen LogP contribution in [0.2, 0.25) is 0 Å². The van der Waals surface area contributed by atoms with E-state index < -0.39 is 12.1 Å². The van der Waals surface area contributed by atoms with Gasteiger partial charge in [0.05, 0.1) is 0 Å². The second-order valence-corrected chi connectivity index (χ2v) is 4.72. The van der Waals surface area contributed by atoms with E-state index in [2.05, 4.69) is 0 Å². The van der Waals surface area contributed by atoms with Crippen LogP contribution in [0.3, 0.4) is 0 Å². The number of carboxylic acid groups (broad SMARTS) is 1. The highest BCUT2D eigenvalue weighted by Gasteiger charge is 2.20. The standard InChI is InChI=1S/C15H16O4/c1-8-6-9(2)13(10(3)7-8)14(16)11-4-5-12(19-11)15(17)18/h4-7,14,16H,1-3H3,(H,17,18). The van der Waals surface area contributed by atoms with Gasteiger partial charge in [-0.15, -0.1) is 0 Å². The van der Waals surface area contributed by atoms with E-state index in [9.17, 15) is 9.90 Å². The number of hydrogen-bond acceptors (Lipinski definition) is 3. The molecule has 0 saturated carbocycles. The highest BCUT2D eigenvalue weighted by Crippen LogP contribution is 2.29. The normalized spacial score (nSPS) is 12.4. The summed E-state index contributed by atoms with van der Waals surface area (Å²) in [6.45, 7) is 5.82. The molecule has 1 aromatic carbocycles. The molecular weight excluding hydrogens is 244 g/mol. The summed E-state index contributed by atoms with van der Waals surface area (Å²) >= 11 is 0. The monoisotopic (exact) mass is 260 g/mol. The van der Waals surface area contributed by atoms with Crippen LogP contribution in [0.1, 0.15) is 44.7 Å². The lowest BCUT2D eigenvalue weighted by atomic mass is 9.94. The van der Waals surface area contributed by atoms with Crippen LogP contribution in [0.5, 0.6) is 0 Å². The van der Waals surface area contributed by atoms with E-state index in [4.69, 9.17) is 9.52 Å². The van der Waals surface area contributed by atoms with E-state index in [0.29, 0.717) is 0 Å². The van der Waals surface area contributed by atoms with Gasteiger partial charge in [0.25, 0.3) is 0 Å². The minimum Gasteiger partial charge on any atom is -0.475 e. The van der Waals surface area contributed by atoms with Crippen molar-refractivity contribution in [1.29, 1.82) is 0 Å². The maximum atomic E-state index is 10.8. The third-order valence-electron chi connectivity index (χ3n) is 3.12. The molecule has 2 N–H and O–H groups in total. The van der Waals surface area contributed by atoms with Crippen LogP contribution in [0.4, 0.5) is 0 Å². The lowest BCUT2D eigenvalue weighted by Crippen LogP contribution is -2.04. The quantitative estimate of drug-likeness (QED) is 0.890. The lowest BCUT2D eigenvalue weighted by Gasteiger charge is -2.15. The molecule has 2 rings (SSSR count). The molecule has 1 unspecified atom stereocenters. The largest absolute Gasteiger partial charge is 0.475 e. The average molecular weight is 260 g/mol. The zero-order valence-electron chi connectivity index (χ0n) is 11.1. The number of aliphatic hydroxyl groups excluding tert-OH is 1. The molecule has 0 bridgehead atoms. The van der Waals surface area contributed by atoms with Gasteiger partial charge in [-0.25, -0.2) is 4.79 Å². The van der Waals surface area contributed by atoms with Crippen molar-refractivity contribution in [3.8, 4) is 0 Å². The van der Waals surface area contributed by atoms with Crippen LogP contribution < -0.4 is 0 Å². The Labute approximate surface area is 111 Å². The molecule has 0 aliphatic rings. The average Bonchev–Trinajstić information content (AvgIpc) is 2.76. The first kappa shape index (κ1) is 13.4. The number of aliphatic hydroxyl groups is 1. The SMILES string of the molecule is Cc1cc(C)c(C(O)c2ccc(C(=O)O)o2)c(C)c1. The van der Waals surface area contributed by atoms with E-state index >= 15 is 0 Å². The Morgan fingerprint density at radius 2 is 1.74 bits per heavy atom. The molecule has 0 fully saturated rings. The predicted molar refractivity (Wildman–Crippen MR) is 70.4 cm³/mol. The van der Waals surface area contributed by atoms with Gasteiger partial charge >= 0.3 is 5.97 Å². The van der Waals surface area contributed by atoms with Gasteiger partial charge in [-0.2, -0.15) is 0 Å². The number of carboxylic acids is 1. The maximum Gasteiger partial charge on any atom is 0.371 e. The molecule has 100 valence electrons. The van der Waals surface area contributed by atoms with Gasteiger partial charge in [-0.3, -0.25) is 0 Å². The maximum absolute atomic E-state index is 10.8. The first-order chi connectivity index (χ1) is 8.90. The molecule has 19 heavy (non-hydrogen) atoms. The van der Waals surface area contributed by atoms with Crippen LogP contribution in [0.15, 0.2) is 28.7 Å². The third-order valence-corrected chi connectivity index (χ3v) is 3.12. The van der Waals surface area contributed by atoms with Crippen LogP contribution in [0.25, 0.3) is 0 Å². The van der Waals surface area contributed by atoms with Crippen molar-refractivity contribution in [2.45, 2.75) is 26.9 Å². The highest BCUT2D eigenvalue weighted by molar-refractivity contribution is 5.84. The number of aromatic carboxylic acids is 1. The van der Waals surface area contributed by atoms with Crippen molar-refractivity contribution in [1.82, 2.24) is 0 Å². The van der Waals surface area contributed by atoms with Gasteiger partial charge in [0.15, 0.2) is 0 Å². The Morgan fingerprint density at radius 3 is 2.21 bits per heavy atom. The Bertz CT molecular complexity index is 602. The fourth-order valence-corrected chi connectivity index (χ4v) is 2.38. The molecule has 0 amide bonds. The smallest absolute Gasteiger partial charge is 0.371 e. The molecule has 1 atom stereocenters. The molecule has 0 radical (unpaired) electrons. The Kier molecular flexibility index (Phi) is 3.44. The van der Waals surface area contributed by atoms with Crippen LogP contribution in [-0.4, -0.2) is 16.2 Å². The van der Waals surface area contributed by atoms with Crippen molar-refractivity contribution in [2.24, 2.45) is 0 Å². The predicted octanol–water partition coefficient (Wildman–Crippen LogP) is 2.98. The minimum absolute atomic E-state index is 0.170. The summed E-state index contributed by atoms with van der Waals surface area (Å²) < 4.78 is 5.15. The second kappa shape index (κ2) is 4.90. The van der Waals surface area contributed by atoms with Gasteiger partial charge in [0.1, 0.15) is 11.9 Å². The number of rotatable bonds is 3. The van der Waals surface area contributed by atoms with E-state index in [1.54, 1.807) is 0 Å². The number of benzene rings is 1. The second-order valence-electron chi connectivity index (χ2n) is 4.72. The molecule has 0 spiro atoms. The van der Waals surface area contributed by atoms with Crippen molar-refractivity contribution in [3.05, 3.63) is 58.0 Å². The van der Waals surface area contributed by atoms with Crippen molar-refractivity contribution >= 4 is 5.97 Å². The molecule has 1 heterocycles. The van der Waals surface area contributed by atoms with Crippen LogP contribution in [0, 0.1) is 20.8 Å². The summed E-state index contributed by atoms with van der Waals surface area (Å²) in [7, 11) is 0. The summed E-state index contributed by atoms with van der Waals surface area (Å²) in [5, 5.41) is 19.2. The first-order valence-corrected chi connectivity index (χ1v) is 5.99. The van der Waals surface area contributed by atoms with Crippen molar-refractivity contribution in [2.75, 3.05) is 0 Å². The number of hydrogen-bond donors (Lipinski definition) is 2. The van der Waals surface area contributed by atoms with E-state index in [-0.39, 0.29) is 11.5 Å². The molecule has 0 aliphatic heterocycles. The van der Waals surface area contributed by atoms with Gasteiger partial charge < -0.3 is 14.6 Å². The summed E-state index contributed by atoms with van der Waals surface area (Å²) in [4.78, 5) is 10.8. The molecule has 4 nitrogen and oxygen atoms in total. The van der Waals surface area contributed by atoms with Crippen molar-refractivity contribution in [3.63, 3.8) is 0 Å². The minimum atomic E-state index is -1.14. The van der Waals surface area contributed by atoms with Gasteiger partial charge in [-0.1, -0.05) is 17.7 Å².